The van der Waals surface area contributed by atoms with Crippen LogP contribution in [0.4, 0.5) is 0 Å². The topological polar surface area (TPSA) is 63.7 Å². The second kappa shape index (κ2) is 7.78. The first-order valence-electron chi connectivity index (χ1n) is 8.41. The van der Waals surface area contributed by atoms with Gasteiger partial charge in [0.05, 0.1) is 15.8 Å². The molecule has 0 bridgehead atoms. The molecule has 0 aromatic heterocycles. The number of piperidine rings is 1. The molecule has 0 aliphatic carbocycles. The first kappa shape index (κ1) is 18.9. The summed E-state index contributed by atoms with van der Waals surface area (Å²) in [5, 5.41) is 0.382. The van der Waals surface area contributed by atoms with Gasteiger partial charge in [-0.3, -0.25) is 4.79 Å². The molecule has 138 valence electrons. The molecule has 2 aromatic carbocycles. The summed E-state index contributed by atoms with van der Waals surface area (Å²) in [6.45, 7) is 2.47. The molecule has 0 spiro atoms. The van der Waals surface area contributed by atoms with Gasteiger partial charge in [0.25, 0.3) is 0 Å². The van der Waals surface area contributed by atoms with E-state index in [2.05, 4.69) is 0 Å². The molecule has 0 unspecified atom stereocenters. The fourth-order valence-electron chi connectivity index (χ4n) is 2.95. The van der Waals surface area contributed by atoms with Gasteiger partial charge >= 0.3 is 5.97 Å². The lowest BCUT2D eigenvalue weighted by atomic mass is 9.98. The lowest BCUT2D eigenvalue weighted by Crippen LogP contribution is -2.41. The zero-order valence-electron chi connectivity index (χ0n) is 14.4. The Morgan fingerprint density at radius 1 is 1.12 bits per heavy atom. The smallest absolute Gasteiger partial charge is 0.314 e. The first-order valence-corrected chi connectivity index (χ1v) is 10.2. The van der Waals surface area contributed by atoms with Crippen LogP contribution in [-0.4, -0.2) is 31.8 Å². The Balaban J connectivity index is 1.63. The number of ether oxygens (including phenoxy) is 1. The predicted molar refractivity (Wildman–Crippen MR) is 99.7 cm³/mol. The number of hydrogen-bond acceptors (Lipinski definition) is 4. The first-order chi connectivity index (χ1) is 12.4. The maximum absolute atomic E-state index is 12.6. The summed E-state index contributed by atoms with van der Waals surface area (Å²) in [6.07, 6.45) is 0.850. The Bertz CT molecular complexity index is 891. The van der Waals surface area contributed by atoms with E-state index in [0.29, 0.717) is 36.7 Å². The molecular weight excluding hydrogens is 374 g/mol. The van der Waals surface area contributed by atoms with Crippen LogP contribution in [0, 0.1) is 12.8 Å². The molecule has 1 saturated heterocycles. The van der Waals surface area contributed by atoms with E-state index < -0.39 is 10.0 Å². The SMILES string of the molecule is Cc1ccc(Cl)c(OC(=O)C2CCN(S(=O)(=O)c3ccccc3)CC2)c1. The highest BCUT2D eigenvalue weighted by atomic mass is 35.5. The lowest BCUT2D eigenvalue weighted by Gasteiger charge is -2.30. The van der Waals surface area contributed by atoms with E-state index in [1.807, 2.05) is 13.0 Å². The van der Waals surface area contributed by atoms with Crippen molar-refractivity contribution < 1.29 is 17.9 Å². The van der Waals surface area contributed by atoms with Crippen molar-refractivity contribution >= 4 is 27.6 Å². The fraction of sp³-hybridized carbons (Fsp3) is 0.316. The van der Waals surface area contributed by atoms with Gasteiger partial charge in [-0.05, 0) is 49.6 Å². The lowest BCUT2D eigenvalue weighted by molar-refractivity contribution is -0.140. The van der Waals surface area contributed by atoms with Gasteiger partial charge in [0.15, 0.2) is 0 Å². The average molecular weight is 394 g/mol. The zero-order chi connectivity index (χ0) is 18.7. The Kier molecular flexibility index (Phi) is 5.65. The molecule has 7 heteroatoms. The third-order valence-corrected chi connectivity index (χ3v) is 6.69. The fourth-order valence-corrected chi connectivity index (χ4v) is 4.60. The molecule has 0 saturated carbocycles. The second-order valence-corrected chi connectivity index (χ2v) is 8.69. The van der Waals surface area contributed by atoms with E-state index in [-0.39, 0.29) is 16.8 Å². The van der Waals surface area contributed by atoms with Gasteiger partial charge in [-0.1, -0.05) is 35.9 Å². The summed E-state index contributed by atoms with van der Waals surface area (Å²) in [5.41, 5.74) is 0.945. The molecule has 0 amide bonds. The maximum atomic E-state index is 12.6. The Morgan fingerprint density at radius 2 is 1.77 bits per heavy atom. The summed E-state index contributed by atoms with van der Waals surface area (Å²) in [7, 11) is -3.52. The standard InChI is InChI=1S/C19H20ClNO4S/c1-14-7-8-17(20)18(13-14)25-19(22)15-9-11-21(12-10-15)26(23,24)16-5-3-2-4-6-16/h2-8,13,15H,9-12H2,1H3. The van der Waals surface area contributed by atoms with E-state index in [4.69, 9.17) is 16.3 Å². The van der Waals surface area contributed by atoms with Gasteiger partial charge in [-0.25, -0.2) is 8.42 Å². The quantitative estimate of drug-likeness (QED) is 0.587. The van der Waals surface area contributed by atoms with Crippen molar-refractivity contribution in [3.8, 4) is 5.75 Å². The maximum Gasteiger partial charge on any atom is 0.314 e. The Morgan fingerprint density at radius 3 is 2.42 bits per heavy atom. The molecule has 5 nitrogen and oxygen atoms in total. The minimum Gasteiger partial charge on any atom is -0.425 e. The van der Waals surface area contributed by atoms with E-state index in [1.165, 1.54) is 4.31 Å². The van der Waals surface area contributed by atoms with Crippen LogP contribution >= 0.6 is 11.6 Å². The average Bonchev–Trinajstić information content (AvgIpc) is 2.65. The molecule has 0 radical (unpaired) electrons. The molecule has 1 aliphatic heterocycles. The minimum atomic E-state index is -3.52. The van der Waals surface area contributed by atoms with Crippen molar-refractivity contribution in [1.82, 2.24) is 4.31 Å². The number of halogens is 1. The highest BCUT2D eigenvalue weighted by Gasteiger charge is 2.33. The molecule has 26 heavy (non-hydrogen) atoms. The van der Waals surface area contributed by atoms with Crippen LogP contribution in [-0.2, 0) is 14.8 Å². The normalized spacial score (nSPS) is 16.4. The van der Waals surface area contributed by atoms with E-state index >= 15 is 0 Å². The number of carbonyl (C=O) groups excluding carboxylic acids is 1. The number of hydrogen-bond donors (Lipinski definition) is 0. The summed E-state index contributed by atoms with van der Waals surface area (Å²) < 4.78 is 32.1. The zero-order valence-corrected chi connectivity index (χ0v) is 16.0. The second-order valence-electron chi connectivity index (χ2n) is 6.35. The third-order valence-electron chi connectivity index (χ3n) is 4.47. The summed E-state index contributed by atoms with van der Waals surface area (Å²) >= 11 is 6.07. The van der Waals surface area contributed by atoms with Crippen molar-refractivity contribution in [2.45, 2.75) is 24.7 Å². The molecule has 3 rings (SSSR count). The van der Waals surface area contributed by atoms with Crippen LogP contribution < -0.4 is 4.74 Å². The highest BCUT2D eigenvalue weighted by Crippen LogP contribution is 2.29. The third kappa shape index (κ3) is 4.09. The van der Waals surface area contributed by atoms with Crippen LogP contribution in [0.5, 0.6) is 5.75 Å². The number of sulfonamides is 1. The molecule has 2 aromatic rings. The van der Waals surface area contributed by atoms with Crippen molar-refractivity contribution in [2.75, 3.05) is 13.1 Å². The summed E-state index contributed by atoms with van der Waals surface area (Å²) in [6, 6.07) is 13.6. The Hall–Kier alpha value is -1.89. The highest BCUT2D eigenvalue weighted by molar-refractivity contribution is 7.89. The molecule has 1 aliphatic rings. The number of carbonyl (C=O) groups is 1. The van der Waals surface area contributed by atoms with E-state index in [9.17, 15) is 13.2 Å². The number of nitrogens with zero attached hydrogens (tertiary/aromatic N) is 1. The van der Waals surface area contributed by atoms with Crippen molar-refractivity contribution in [1.29, 1.82) is 0 Å². The van der Waals surface area contributed by atoms with Gasteiger partial charge in [0.1, 0.15) is 5.75 Å². The number of rotatable bonds is 4. The molecular formula is C19H20ClNO4S. The molecule has 1 heterocycles. The molecule has 1 fully saturated rings. The van der Waals surface area contributed by atoms with Crippen LogP contribution in [0.2, 0.25) is 5.02 Å². The Labute approximate surface area is 158 Å². The van der Waals surface area contributed by atoms with Gasteiger partial charge < -0.3 is 4.74 Å². The van der Waals surface area contributed by atoms with Crippen molar-refractivity contribution in [3.63, 3.8) is 0 Å². The van der Waals surface area contributed by atoms with Crippen LogP contribution in [0.1, 0.15) is 18.4 Å². The predicted octanol–water partition coefficient (Wildman–Crippen LogP) is 3.65. The van der Waals surface area contributed by atoms with Gasteiger partial charge in [-0.15, -0.1) is 0 Å². The van der Waals surface area contributed by atoms with Crippen LogP contribution in [0.3, 0.4) is 0 Å². The molecule has 0 N–H and O–H groups in total. The monoisotopic (exact) mass is 393 g/mol. The van der Waals surface area contributed by atoms with E-state index in [1.54, 1.807) is 42.5 Å². The van der Waals surface area contributed by atoms with E-state index in [0.717, 1.165) is 5.56 Å². The van der Waals surface area contributed by atoms with Crippen LogP contribution in [0.25, 0.3) is 0 Å². The van der Waals surface area contributed by atoms with Crippen LogP contribution in [0.15, 0.2) is 53.4 Å². The number of benzene rings is 2. The minimum absolute atomic E-state index is 0.271. The van der Waals surface area contributed by atoms with Crippen molar-refractivity contribution in [2.24, 2.45) is 5.92 Å². The number of aryl methyl sites for hydroxylation is 1. The molecule has 0 atom stereocenters. The summed E-state index contributed by atoms with van der Waals surface area (Å²) in [4.78, 5) is 12.7. The van der Waals surface area contributed by atoms with Gasteiger partial charge in [0.2, 0.25) is 10.0 Å². The largest absolute Gasteiger partial charge is 0.425 e. The van der Waals surface area contributed by atoms with Gasteiger partial charge in [0, 0.05) is 13.1 Å². The van der Waals surface area contributed by atoms with Gasteiger partial charge in [-0.2, -0.15) is 4.31 Å². The van der Waals surface area contributed by atoms with Crippen molar-refractivity contribution in [3.05, 3.63) is 59.1 Å². The summed E-state index contributed by atoms with van der Waals surface area (Å²) in [5.74, 6) is -0.362. The number of esters is 1.